The van der Waals surface area contributed by atoms with E-state index in [-0.39, 0.29) is 23.8 Å². The normalized spacial score (nSPS) is 29.5. The van der Waals surface area contributed by atoms with E-state index in [0.717, 1.165) is 24.8 Å². The van der Waals surface area contributed by atoms with Gasteiger partial charge in [-0.25, -0.2) is 0 Å². The Bertz CT molecular complexity index is 559. The van der Waals surface area contributed by atoms with E-state index in [1.807, 2.05) is 12.1 Å². The molecule has 2 saturated heterocycles. The number of carboxylic acids is 1. The molecule has 4 unspecified atom stereocenters. The van der Waals surface area contributed by atoms with Crippen molar-refractivity contribution in [1.82, 2.24) is 4.90 Å². The van der Waals surface area contributed by atoms with Crippen molar-refractivity contribution in [2.24, 2.45) is 5.92 Å². The standard InChI is InChI=1S/C16H21NO4/c1-9(10-3-6-14(18)15(7-10)21-2)17-11-4-5-13(17)12(8-11)16(19)20/h3,6-7,9,11-13,18H,4-5,8H2,1-2H3,(H,19,20). The van der Waals surface area contributed by atoms with Gasteiger partial charge >= 0.3 is 5.97 Å². The minimum Gasteiger partial charge on any atom is -0.504 e. The van der Waals surface area contributed by atoms with E-state index < -0.39 is 5.97 Å². The second-order valence-electron chi connectivity index (χ2n) is 6.03. The molecule has 2 bridgehead atoms. The number of aliphatic carboxylic acids is 1. The van der Waals surface area contributed by atoms with Crippen LogP contribution >= 0.6 is 0 Å². The van der Waals surface area contributed by atoms with Crippen LogP contribution in [0.3, 0.4) is 0 Å². The Morgan fingerprint density at radius 1 is 1.43 bits per heavy atom. The number of phenolic OH excluding ortho intramolecular Hbond substituents is 1. The number of nitrogens with zero attached hydrogens (tertiary/aromatic N) is 1. The van der Waals surface area contributed by atoms with Gasteiger partial charge in [0.15, 0.2) is 11.5 Å². The van der Waals surface area contributed by atoms with Gasteiger partial charge < -0.3 is 14.9 Å². The molecule has 0 spiro atoms. The van der Waals surface area contributed by atoms with E-state index in [9.17, 15) is 15.0 Å². The smallest absolute Gasteiger partial charge is 0.308 e. The van der Waals surface area contributed by atoms with E-state index in [0.29, 0.717) is 11.8 Å². The first-order chi connectivity index (χ1) is 10.0. The molecule has 4 atom stereocenters. The number of rotatable bonds is 4. The average Bonchev–Trinajstić information content (AvgIpc) is 3.04. The van der Waals surface area contributed by atoms with Crippen LogP contribution in [0.25, 0.3) is 0 Å². The van der Waals surface area contributed by atoms with Gasteiger partial charge in [0.2, 0.25) is 0 Å². The fourth-order valence-corrected chi connectivity index (χ4v) is 4.03. The molecule has 3 rings (SSSR count). The van der Waals surface area contributed by atoms with Gasteiger partial charge in [-0.1, -0.05) is 6.07 Å². The van der Waals surface area contributed by atoms with E-state index in [1.165, 1.54) is 7.11 Å². The maximum absolute atomic E-state index is 11.4. The Hall–Kier alpha value is -1.75. The lowest BCUT2D eigenvalue weighted by molar-refractivity contribution is -0.142. The first-order valence-electron chi connectivity index (χ1n) is 7.40. The molecule has 2 aliphatic heterocycles. The zero-order chi connectivity index (χ0) is 15.1. The highest BCUT2D eigenvalue weighted by atomic mass is 16.5. The zero-order valence-electron chi connectivity index (χ0n) is 12.3. The predicted octanol–water partition coefficient (Wildman–Crippen LogP) is 2.40. The number of hydrogen-bond acceptors (Lipinski definition) is 4. The summed E-state index contributed by atoms with van der Waals surface area (Å²) >= 11 is 0. The number of carbonyl (C=O) groups is 1. The summed E-state index contributed by atoms with van der Waals surface area (Å²) in [6.07, 6.45) is 2.79. The lowest BCUT2D eigenvalue weighted by atomic mass is 9.89. The molecule has 0 aromatic heterocycles. The number of fused-ring (bicyclic) bond motifs is 2. The van der Waals surface area contributed by atoms with Crippen LogP contribution < -0.4 is 4.74 Å². The van der Waals surface area contributed by atoms with Crippen LogP contribution in [0.4, 0.5) is 0 Å². The molecule has 1 aromatic carbocycles. The van der Waals surface area contributed by atoms with Crippen molar-refractivity contribution >= 4 is 5.97 Å². The molecule has 1 aromatic rings. The summed E-state index contributed by atoms with van der Waals surface area (Å²) in [6.45, 7) is 2.10. The molecule has 0 aliphatic carbocycles. The van der Waals surface area contributed by atoms with Gasteiger partial charge in [-0.3, -0.25) is 9.69 Å². The van der Waals surface area contributed by atoms with Gasteiger partial charge in [-0.2, -0.15) is 0 Å². The lowest BCUT2D eigenvalue weighted by Crippen LogP contribution is -2.34. The minimum atomic E-state index is -0.678. The average molecular weight is 291 g/mol. The summed E-state index contributed by atoms with van der Waals surface area (Å²) in [6, 6.07) is 5.97. The van der Waals surface area contributed by atoms with Gasteiger partial charge in [-0.05, 0) is 43.9 Å². The molecular formula is C16H21NO4. The van der Waals surface area contributed by atoms with Crippen LogP contribution in [0, 0.1) is 5.92 Å². The van der Waals surface area contributed by atoms with Crippen molar-refractivity contribution in [1.29, 1.82) is 0 Å². The van der Waals surface area contributed by atoms with E-state index in [4.69, 9.17) is 4.74 Å². The summed E-state index contributed by atoms with van der Waals surface area (Å²) in [5, 5.41) is 19.0. The zero-order valence-corrected chi connectivity index (χ0v) is 12.3. The number of benzene rings is 1. The van der Waals surface area contributed by atoms with Crippen LogP contribution in [0.1, 0.15) is 37.8 Å². The maximum atomic E-state index is 11.4. The molecule has 114 valence electrons. The van der Waals surface area contributed by atoms with Crippen LogP contribution in [-0.4, -0.2) is 40.3 Å². The molecule has 2 N–H and O–H groups in total. The Labute approximate surface area is 124 Å². The molecule has 5 nitrogen and oxygen atoms in total. The second-order valence-corrected chi connectivity index (χ2v) is 6.03. The molecule has 5 heteroatoms. The van der Waals surface area contributed by atoms with E-state index >= 15 is 0 Å². The number of phenols is 1. The molecular weight excluding hydrogens is 270 g/mol. The van der Waals surface area contributed by atoms with Crippen molar-refractivity contribution in [2.75, 3.05) is 7.11 Å². The number of methoxy groups -OCH3 is 1. The predicted molar refractivity (Wildman–Crippen MR) is 77.5 cm³/mol. The van der Waals surface area contributed by atoms with Crippen LogP contribution in [0.5, 0.6) is 11.5 Å². The van der Waals surface area contributed by atoms with Crippen molar-refractivity contribution in [3.05, 3.63) is 23.8 Å². The Balaban J connectivity index is 1.86. The summed E-state index contributed by atoms with van der Waals surface area (Å²) in [5.74, 6) is -0.338. The van der Waals surface area contributed by atoms with Gasteiger partial charge in [0.25, 0.3) is 0 Å². The molecule has 0 saturated carbocycles. The maximum Gasteiger partial charge on any atom is 0.308 e. The summed E-state index contributed by atoms with van der Waals surface area (Å²) in [5.41, 5.74) is 1.05. The summed E-state index contributed by atoms with van der Waals surface area (Å²) < 4.78 is 5.16. The van der Waals surface area contributed by atoms with Crippen LogP contribution in [0.2, 0.25) is 0 Å². The van der Waals surface area contributed by atoms with Crippen molar-refractivity contribution in [3.8, 4) is 11.5 Å². The summed E-state index contributed by atoms with van der Waals surface area (Å²) in [4.78, 5) is 13.7. The molecule has 2 heterocycles. The number of ether oxygens (including phenoxy) is 1. The Morgan fingerprint density at radius 2 is 2.19 bits per heavy atom. The fraction of sp³-hybridized carbons (Fsp3) is 0.562. The second kappa shape index (κ2) is 5.22. The number of carboxylic acid groups (broad SMARTS) is 1. The third-order valence-corrected chi connectivity index (χ3v) is 5.04. The fourth-order valence-electron chi connectivity index (χ4n) is 4.03. The Kier molecular flexibility index (Phi) is 3.53. The number of hydrogen-bond donors (Lipinski definition) is 2. The highest BCUT2D eigenvalue weighted by Gasteiger charge is 2.50. The van der Waals surface area contributed by atoms with Gasteiger partial charge in [-0.15, -0.1) is 0 Å². The number of aromatic hydroxyl groups is 1. The molecule has 2 fully saturated rings. The molecule has 21 heavy (non-hydrogen) atoms. The Morgan fingerprint density at radius 3 is 2.81 bits per heavy atom. The van der Waals surface area contributed by atoms with Crippen molar-refractivity contribution < 1.29 is 19.7 Å². The minimum absolute atomic E-state index is 0.126. The molecule has 0 radical (unpaired) electrons. The molecule has 0 amide bonds. The first kappa shape index (κ1) is 14.2. The monoisotopic (exact) mass is 291 g/mol. The SMILES string of the molecule is COc1cc(C(C)N2C3CCC2C(C(=O)O)C3)ccc1O. The highest BCUT2D eigenvalue weighted by Crippen LogP contribution is 2.47. The third kappa shape index (κ3) is 2.25. The first-order valence-corrected chi connectivity index (χ1v) is 7.40. The van der Waals surface area contributed by atoms with E-state index in [2.05, 4.69) is 11.8 Å². The van der Waals surface area contributed by atoms with Crippen molar-refractivity contribution in [3.63, 3.8) is 0 Å². The van der Waals surface area contributed by atoms with Gasteiger partial charge in [0.05, 0.1) is 13.0 Å². The topological polar surface area (TPSA) is 70.0 Å². The summed E-state index contributed by atoms with van der Waals surface area (Å²) in [7, 11) is 1.53. The quantitative estimate of drug-likeness (QED) is 0.891. The highest BCUT2D eigenvalue weighted by molar-refractivity contribution is 5.71. The van der Waals surface area contributed by atoms with E-state index in [1.54, 1.807) is 6.07 Å². The van der Waals surface area contributed by atoms with Crippen LogP contribution in [-0.2, 0) is 4.79 Å². The van der Waals surface area contributed by atoms with Gasteiger partial charge in [0.1, 0.15) is 0 Å². The third-order valence-electron chi connectivity index (χ3n) is 5.04. The largest absolute Gasteiger partial charge is 0.504 e. The van der Waals surface area contributed by atoms with Crippen LogP contribution in [0.15, 0.2) is 18.2 Å². The van der Waals surface area contributed by atoms with Crippen molar-refractivity contribution in [2.45, 2.75) is 44.3 Å². The van der Waals surface area contributed by atoms with Gasteiger partial charge in [0, 0.05) is 18.1 Å². The lowest BCUT2D eigenvalue weighted by Gasteiger charge is -2.30. The molecule has 2 aliphatic rings.